The van der Waals surface area contributed by atoms with Crippen LogP contribution in [0.2, 0.25) is 0 Å². The van der Waals surface area contributed by atoms with Gasteiger partial charge >= 0.3 is 0 Å². The minimum Gasteiger partial charge on any atom is -0.480 e. The van der Waals surface area contributed by atoms with Crippen LogP contribution in [0.5, 0.6) is 5.75 Å². The fraction of sp³-hybridized carbons (Fsp3) is 0.280. The average Bonchev–Trinajstić information content (AvgIpc) is 2.78. The smallest absolute Gasteiger partial charge is 0.263 e. The number of hydrogen-bond donors (Lipinski definition) is 1. The van der Waals surface area contributed by atoms with Gasteiger partial charge in [-0.2, -0.15) is 0 Å². The first-order valence-corrected chi connectivity index (χ1v) is 10.5. The zero-order valence-electron chi connectivity index (χ0n) is 18.0. The zero-order valence-corrected chi connectivity index (χ0v) is 18.0. The van der Waals surface area contributed by atoms with Crippen LogP contribution in [0, 0.1) is 0 Å². The first-order chi connectivity index (χ1) is 15.1. The van der Waals surface area contributed by atoms with Crippen molar-refractivity contribution in [3.63, 3.8) is 0 Å². The predicted octanol–water partition coefficient (Wildman–Crippen LogP) is 3.64. The molecule has 31 heavy (non-hydrogen) atoms. The molecule has 1 aliphatic rings. The van der Waals surface area contributed by atoms with Gasteiger partial charge in [-0.05, 0) is 42.9 Å². The van der Waals surface area contributed by atoms with E-state index < -0.39 is 0 Å². The van der Waals surface area contributed by atoms with Crippen LogP contribution in [-0.4, -0.2) is 54.5 Å². The number of nitrogens with one attached hydrogen (secondary N) is 1. The molecule has 0 saturated carbocycles. The van der Waals surface area contributed by atoms with Crippen molar-refractivity contribution in [3.05, 3.63) is 78.0 Å². The molecule has 6 heteroatoms. The van der Waals surface area contributed by atoms with Gasteiger partial charge in [0.05, 0.1) is 0 Å². The van der Waals surface area contributed by atoms with Crippen molar-refractivity contribution < 1.29 is 9.53 Å². The molecule has 1 N–H and O–H groups in total. The van der Waals surface area contributed by atoms with Gasteiger partial charge < -0.3 is 15.0 Å². The summed E-state index contributed by atoms with van der Waals surface area (Å²) < 4.78 is 5.53. The predicted molar refractivity (Wildman–Crippen MR) is 123 cm³/mol. The Morgan fingerprint density at radius 2 is 1.71 bits per heavy atom. The molecular formula is C25H28N4O2. The van der Waals surface area contributed by atoms with E-state index in [4.69, 9.17) is 4.74 Å². The number of likely N-dealkylation sites (N-methyl/N-ethyl adjacent to an activating group) is 1. The molecule has 0 unspecified atom stereocenters. The minimum atomic E-state index is -0.175. The third-order valence-corrected chi connectivity index (χ3v) is 5.25. The highest BCUT2D eigenvalue weighted by Crippen LogP contribution is 2.31. The lowest BCUT2D eigenvalue weighted by Crippen LogP contribution is -2.31. The van der Waals surface area contributed by atoms with Crippen molar-refractivity contribution in [2.45, 2.75) is 13.1 Å². The number of pyridine rings is 1. The van der Waals surface area contributed by atoms with E-state index in [9.17, 15) is 4.79 Å². The summed E-state index contributed by atoms with van der Waals surface area (Å²) >= 11 is 0. The maximum Gasteiger partial charge on any atom is 0.263 e. The molecule has 6 nitrogen and oxygen atoms in total. The third kappa shape index (κ3) is 5.69. The number of hydrogen-bond acceptors (Lipinski definition) is 5. The second kappa shape index (κ2) is 9.73. The van der Waals surface area contributed by atoms with Gasteiger partial charge in [-0.25, -0.2) is 4.98 Å². The van der Waals surface area contributed by atoms with Crippen LogP contribution in [-0.2, 0) is 17.9 Å². The molecule has 0 saturated heterocycles. The van der Waals surface area contributed by atoms with Gasteiger partial charge in [0.25, 0.3) is 5.91 Å². The molecule has 1 aromatic heterocycles. The zero-order chi connectivity index (χ0) is 21.6. The van der Waals surface area contributed by atoms with Crippen molar-refractivity contribution in [2.75, 3.05) is 39.1 Å². The SMILES string of the molecule is CN(C)CCN(Cc1ccccc1)Cc1cccc(-c2cnc3c(c2)OCC(=O)N3)c1. The van der Waals surface area contributed by atoms with Crippen LogP contribution < -0.4 is 10.1 Å². The maximum absolute atomic E-state index is 11.5. The Kier molecular flexibility index (Phi) is 6.60. The number of fused-ring (bicyclic) bond motifs is 1. The second-order valence-electron chi connectivity index (χ2n) is 8.11. The molecule has 1 aliphatic heterocycles. The fourth-order valence-corrected chi connectivity index (χ4v) is 3.62. The number of carbonyl (C=O) groups is 1. The van der Waals surface area contributed by atoms with Gasteiger partial charge in [0, 0.05) is 37.9 Å². The molecule has 160 valence electrons. The Morgan fingerprint density at radius 3 is 2.52 bits per heavy atom. The van der Waals surface area contributed by atoms with Crippen molar-refractivity contribution in [3.8, 4) is 16.9 Å². The van der Waals surface area contributed by atoms with Gasteiger partial charge in [0.2, 0.25) is 0 Å². The van der Waals surface area contributed by atoms with Crippen LogP contribution in [0.15, 0.2) is 66.9 Å². The van der Waals surface area contributed by atoms with E-state index in [0.29, 0.717) is 11.6 Å². The van der Waals surface area contributed by atoms with Gasteiger partial charge in [0.15, 0.2) is 18.2 Å². The van der Waals surface area contributed by atoms with Gasteiger partial charge in [-0.15, -0.1) is 0 Å². The molecule has 0 fully saturated rings. The summed E-state index contributed by atoms with van der Waals surface area (Å²) in [5, 5.41) is 2.74. The average molecular weight is 417 g/mol. The van der Waals surface area contributed by atoms with E-state index in [1.54, 1.807) is 6.20 Å². The number of benzene rings is 2. The van der Waals surface area contributed by atoms with E-state index in [0.717, 1.165) is 37.3 Å². The Morgan fingerprint density at radius 1 is 0.935 bits per heavy atom. The van der Waals surface area contributed by atoms with Crippen LogP contribution in [0.3, 0.4) is 0 Å². The van der Waals surface area contributed by atoms with E-state index in [-0.39, 0.29) is 12.5 Å². The number of carbonyl (C=O) groups excluding carboxylic acids is 1. The summed E-state index contributed by atoms with van der Waals surface area (Å²) in [4.78, 5) is 20.5. The molecule has 0 atom stereocenters. The molecule has 2 heterocycles. The fourth-order valence-electron chi connectivity index (χ4n) is 3.62. The molecular weight excluding hydrogens is 388 g/mol. The number of nitrogens with zero attached hydrogens (tertiary/aromatic N) is 3. The van der Waals surface area contributed by atoms with Crippen molar-refractivity contribution in [2.24, 2.45) is 0 Å². The van der Waals surface area contributed by atoms with Gasteiger partial charge in [-0.1, -0.05) is 48.5 Å². The van der Waals surface area contributed by atoms with Crippen LogP contribution in [0.25, 0.3) is 11.1 Å². The number of amides is 1. The van der Waals surface area contributed by atoms with Crippen LogP contribution >= 0.6 is 0 Å². The molecule has 4 rings (SSSR count). The number of anilines is 1. The summed E-state index contributed by atoms with van der Waals surface area (Å²) in [5.41, 5.74) is 4.62. The lowest BCUT2D eigenvalue weighted by Gasteiger charge is -2.24. The highest BCUT2D eigenvalue weighted by molar-refractivity contribution is 5.94. The third-order valence-electron chi connectivity index (χ3n) is 5.25. The molecule has 0 aliphatic carbocycles. The number of aromatic nitrogens is 1. The molecule has 3 aromatic rings. The maximum atomic E-state index is 11.5. The first-order valence-electron chi connectivity index (χ1n) is 10.5. The lowest BCUT2D eigenvalue weighted by atomic mass is 10.0. The number of rotatable bonds is 8. The summed E-state index contributed by atoms with van der Waals surface area (Å²) in [5.74, 6) is 0.916. The molecule has 0 spiro atoms. The van der Waals surface area contributed by atoms with E-state index in [2.05, 4.69) is 88.8 Å². The second-order valence-corrected chi connectivity index (χ2v) is 8.11. The summed E-state index contributed by atoms with van der Waals surface area (Å²) in [6.07, 6.45) is 1.78. The normalized spacial score (nSPS) is 13.1. The lowest BCUT2D eigenvalue weighted by molar-refractivity contribution is -0.118. The van der Waals surface area contributed by atoms with Crippen LogP contribution in [0.4, 0.5) is 5.82 Å². The van der Waals surface area contributed by atoms with Crippen molar-refractivity contribution >= 4 is 11.7 Å². The quantitative estimate of drug-likeness (QED) is 0.608. The Bertz CT molecular complexity index is 1040. The van der Waals surface area contributed by atoms with Crippen molar-refractivity contribution in [1.29, 1.82) is 0 Å². The van der Waals surface area contributed by atoms with Gasteiger partial charge in [0.1, 0.15) is 0 Å². The Balaban J connectivity index is 1.52. The van der Waals surface area contributed by atoms with E-state index in [1.807, 2.05) is 6.07 Å². The highest BCUT2D eigenvalue weighted by atomic mass is 16.5. The molecule has 1 amide bonds. The first kappa shape index (κ1) is 21.0. The van der Waals surface area contributed by atoms with E-state index >= 15 is 0 Å². The van der Waals surface area contributed by atoms with Gasteiger partial charge in [-0.3, -0.25) is 9.69 Å². The standard InChI is InChI=1S/C25H28N4O2/c1-28(2)11-12-29(16-19-7-4-3-5-8-19)17-20-9-6-10-21(13-20)22-14-23-25(26-15-22)27-24(30)18-31-23/h3-10,13-15H,11-12,16-18H2,1-2H3,(H,26,27,30). The monoisotopic (exact) mass is 416 g/mol. The summed E-state index contributed by atoms with van der Waals surface area (Å²) in [6, 6.07) is 21.1. The van der Waals surface area contributed by atoms with Crippen LogP contribution in [0.1, 0.15) is 11.1 Å². The largest absolute Gasteiger partial charge is 0.480 e. The molecule has 2 aromatic carbocycles. The van der Waals surface area contributed by atoms with Crippen molar-refractivity contribution in [1.82, 2.24) is 14.8 Å². The Hall–Kier alpha value is -3.22. The molecule has 0 radical (unpaired) electrons. The minimum absolute atomic E-state index is 0.0263. The highest BCUT2D eigenvalue weighted by Gasteiger charge is 2.18. The van der Waals surface area contributed by atoms with E-state index in [1.165, 1.54) is 11.1 Å². The Labute approximate surface area is 183 Å². The summed E-state index contributed by atoms with van der Waals surface area (Å²) in [6.45, 7) is 3.79. The number of ether oxygens (including phenoxy) is 1. The molecule has 0 bridgehead atoms. The topological polar surface area (TPSA) is 57.7 Å². The summed E-state index contributed by atoms with van der Waals surface area (Å²) in [7, 11) is 4.21.